The quantitative estimate of drug-likeness (QED) is 0.777. The van der Waals surface area contributed by atoms with Crippen LogP contribution in [0, 0.1) is 0 Å². The molecule has 18 heavy (non-hydrogen) atoms. The number of nitrogens with zero attached hydrogens (tertiary/aromatic N) is 3. The van der Waals surface area contributed by atoms with Crippen molar-refractivity contribution in [3.8, 4) is 0 Å². The maximum atomic E-state index is 10.9. The largest absolute Gasteiger partial charge is 0.340 e. The third-order valence-electron chi connectivity index (χ3n) is 3.11. The number of aromatic nitrogens is 2. The summed E-state index contributed by atoms with van der Waals surface area (Å²) in [4.78, 5) is 20.5. The summed E-state index contributed by atoms with van der Waals surface area (Å²) in [6, 6.07) is 4.15. The van der Waals surface area contributed by atoms with Crippen LogP contribution >= 0.6 is 0 Å². The van der Waals surface area contributed by atoms with Gasteiger partial charge in [0.2, 0.25) is 0 Å². The van der Waals surface area contributed by atoms with Crippen LogP contribution in [0.1, 0.15) is 31.2 Å². The topological polar surface area (TPSA) is 46.8 Å². The lowest BCUT2D eigenvalue weighted by Gasteiger charge is -2.12. The second-order valence-electron chi connectivity index (χ2n) is 4.65. The molecule has 1 aliphatic carbocycles. The number of imidazole rings is 1. The molecule has 0 atom stereocenters. The van der Waals surface area contributed by atoms with E-state index in [1.165, 1.54) is 30.4 Å². The number of hydrogen-bond donors (Lipinski definition) is 0. The van der Waals surface area contributed by atoms with Gasteiger partial charge in [-0.2, -0.15) is 5.06 Å². The van der Waals surface area contributed by atoms with Gasteiger partial charge < -0.3 is 9.24 Å². The summed E-state index contributed by atoms with van der Waals surface area (Å²) in [5.41, 5.74) is 2.23. The van der Waals surface area contributed by atoms with Gasteiger partial charge in [-0.25, -0.2) is 4.98 Å². The van der Waals surface area contributed by atoms with Gasteiger partial charge in [-0.15, -0.1) is 0 Å². The van der Waals surface area contributed by atoms with Gasteiger partial charge >= 0.3 is 5.97 Å². The van der Waals surface area contributed by atoms with Crippen molar-refractivity contribution >= 4 is 17.4 Å². The maximum Gasteiger partial charge on any atom is 0.329 e. The summed E-state index contributed by atoms with van der Waals surface area (Å²) in [5, 5.41) is 1.39. The molecule has 2 aromatic heterocycles. The maximum absolute atomic E-state index is 10.9. The van der Waals surface area contributed by atoms with E-state index in [0.717, 1.165) is 5.65 Å². The second-order valence-corrected chi connectivity index (χ2v) is 4.65. The molecule has 0 radical (unpaired) electrons. The van der Waals surface area contributed by atoms with Crippen LogP contribution in [0.5, 0.6) is 0 Å². The number of hydroxylamine groups is 1. The van der Waals surface area contributed by atoms with Crippen molar-refractivity contribution in [3.63, 3.8) is 0 Å². The number of hydrogen-bond acceptors (Lipinski definition) is 4. The fourth-order valence-electron chi connectivity index (χ4n) is 2.13. The zero-order chi connectivity index (χ0) is 12.7. The van der Waals surface area contributed by atoms with E-state index in [1.807, 2.05) is 22.9 Å². The first-order valence-electron chi connectivity index (χ1n) is 6.05. The lowest BCUT2D eigenvalue weighted by Crippen LogP contribution is -2.20. The van der Waals surface area contributed by atoms with Gasteiger partial charge in [-0.05, 0) is 30.4 Å². The molecule has 0 saturated heterocycles. The minimum absolute atomic E-state index is 0.350. The van der Waals surface area contributed by atoms with Gasteiger partial charge in [0, 0.05) is 20.2 Å². The average molecular weight is 245 g/mol. The highest BCUT2D eigenvalue weighted by atomic mass is 16.7. The van der Waals surface area contributed by atoms with Crippen molar-refractivity contribution in [3.05, 3.63) is 30.1 Å². The highest BCUT2D eigenvalue weighted by molar-refractivity contribution is 5.67. The van der Waals surface area contributed by atoms with Gasteiger partial charge in [0.25, 0.3) is 0 Å². The molecule has 1 fully saturated rings. The Kier molecular flexibility index (Phi) is 2.47. The SMILES string of the molecule is CC(=O)ON(C)c1cn2cccc(C3CC3)c2n1. The summed E-state index contributed by atoms with van der Waals surface area (Å²) in [7, 11) is 1.68. The van der Waals surface area contributed by atoms with Crippen LogP contribution in [0.4, 0.5) is 5.82 Å². The normalized spacial score (nSPS) is 14.8. The molecule has 3 rings (SSSR count). The summed E-state index contributed by atoms with van der Waals surface area (Å²) in [6.07, 6.45) is 6.30. The van der Waals surface area contributed by atoms with Crippen molar-refractivity contribution in [1.29, 1.82) is 0 Å². The highest BCUT2D eigenvalue weighted by Gasteiger charge is 2.26. The summed E-state index contributed by atoms with van der Waals surface area (Å²) < 4.78 is 1.98. The lowest BCUT2D eigenvalue weighted by atomic mass is 10.2. The lowest BCUT2D eigenvalue weighted by molar-refractivity contribution is -0.141. The molecule has 1 aliphatic rings. The first-order valence-corrected chi connectivity index (χ1v) is 6.05. The number of rotatable bonds is 3. The fourth-order valence-corrected chi connectivity index (χ4v) is 2.13. The molecule has 5 heteroatoms. The van der Waals surface area contributed by atoms with Crippen LogP contribution in [0.15, 0.2) is 24.5 Å². The Morgan fingerprint density at radius 3 is 3.00 bits per heavy atom. The molecule has 0 amide bonds. The first kappa shape index (κ1) is 11.1. The molecule has 0 spiro atoms. The Morgan fingerprint density at radius 1 is 1.56 bits per heavy atom. The molecule has 1 saturated carbocycles. The van der Waals surface area contributed by atoms with Gasteiger partial charge in [-0.1, -0.05) is 6.07 Å². The Labute approximate surface area is 105 Å². The monoisotopic (exact) mass is 245 g/mol. The third-order valence-corrected chi connectivity index (χ3v) is 3.11. The van der Waals surface area contributed by atoms with E-state index >= 15 is 0 Å². The molecule has 0 aromatic carbocycles. The van der Waals surface area contributed by atoms with Crippen LogP contribution in [-0.2, 0) is 9.63 Å². The predicted molar refractivity (Wildman–Crippen MR) is 67.3 cm³/mol. The van der Waals surface area contributed by atoms with E-state index in [9.17, 15) is 4.79 Å². The van der Waals surface area contributed by atoms with Crippen molar-refractivity contribution in [2.45, 2.75) is 25.7 Å². The minimum atomic E-state index is -0.350. The van der Waals surface area contributed by atoms with E-state index in [0.29, 0.717) is 11.7 Å². The minimum Gasteiger partial charge on any atom is -0.340 e. The molecular formula is C13H15N3O2. The Morgan fingerprint density at radius 2 is 2.33 bits per heavy atom. The molecule has 2 aromatic rings. The molecule has 0 unspecified atom stereocenters. The first-order chi connectivity index (χ1) is 8.65. The van der Waals surface area contributed by atoms with Crippen molar-refractivity contribution in [2.75, 3.05) is 12.1 Å². The highest BCUT2D eigenvalue weighted by Crippen LogP contribution is 2.41. The van der Waals surface area contributed by atoms with Crippen LogP contribution in [0.2, 0.25) is 0 Å². The Bertz CT molecular complexity index is 601. The van der Waals surface area contributed by atoms with Crippen LogP contribution < -0.4 is 5.06 Å². The number of pyridine rings is 1. The van der Waals surface area contributed by atoms with Crippen molar-refractivity contribution < 1.29 is 9.63 Å². The van der Waals surface area contributed by atoms with Gasteiger partial charge in [0.15, 0.2) is 5.82 Å². The molecule has 0 aliphatic heterocycles. The summed E-state index contributed by atoms with van der Waals surface area (Å²) >= 11 is 0. The van der Waals surface area contributed by atoms with Crippen LogP contribution in [0.3, 0.4) is 0 Å². The molecular weight excluding hydrogens is 230 g/mol. The van der Waals surface area contributed by atoms with Gasteiger partial charge in [0.05, 0.1) is 6.20 Å². The van der Waals surface area contributed by atoms with Crippen molar-refractivity contribution in [1.82, 2.24) is 9.38 Å². The standard InChI is InChI=1S/C13H15N3O2/c1-9(17)18-15(2)12-8-16-7-3-4-11(10-5-6-10)13(16)14-12/h3-4,7-8,10H,5-6H2,1-2H3. The van der Waals surface area contributed by atoms with Crippen molar-refractivity contribution in [2.24, 2.45) is 0 Å². The number of fused-ring (bicyclic) bond motifs is 1. The van der Waals surface area contributed by atoms with Gasteiger partial charge in [0.1, 0.15) is 5.65 Å². The summed E-state index contributed by atoms with van der Waals surface area (Å²) in [5.74, 6) is 0.929. The molecule has 5 nitrogen and oxygen atoms in total. The van der Waals surface area contributed by atoms with E-state index in [2.05, 4.69) is 11.1 Å². The molecule has 0 N–H and O–H groups in total. The van der Waals surface area contributed by atoms with Gasteiger partial charge in [-0.3, -0.25) is 4.79 Å². The average Bonchev–Trinajstić information content (AvgIpc) is 3.05. The smallest absolute Gasteiger partial charge is 0.329 e. The molecule has 94 valence electrons. The zero-order valence-corrected chi connectivity index (χ0v) is 10.5. The van der Waals surface area contributed by atoms with E-state index < -0.39 is 0 Å². The predicted octanol–water partition coefficient (Wildman–Crippen LogP) is 2.13. The summed E-state index contributed by atoms with van der Waals surface area (Å²) in [6.45, 7) is 1.38. The third kappa shape index (κ3) is 1.92. The zero-order valence-electron chi connectivity index (χ0n) is 10.5. The second kappa shape index (κ2) is 4.01. The molecule has 2 heterocycles. The Balaban J connectivity index is 1.99. The number of carbonyl (C=O) groups is 1. The number of carbonyl (C=O) groups excluding carboxylic acids is 1. The number of anilines is 1. The Hall–Kier alpha value is -2.04. The van der Waals surface area contributed by atoms with E-state index in [-0.39, 0.29) is 5.97 Å². The molecule has 0 bridgehead atoms. The van der Waals surface area contributed by atoms with E-state index in [4.69, 9.17) is 4.84 Å². The van der Waals surface area contributed by atoms with Crippen LogP contribution in [0.25, 0.3) is 5.65 Å². The van der Waals surface area contributed by atoms with Crippen LogP contribution in [-0.4, -0.2) is 22.4 Å². The van der Waals surface area contributed by atoms with E-state index in [1.54, 1.807) is 7.05 Å². The fraction of sp³-hybridized carbons (Fsp3) is 0.385.